The minimum absolute atomic E-state index is 0.919. The fourth-order valence-corrected chi connectivity index (χ4v) is 1.58. The normalized spacial score (nSPS) is 14.6. The van der Waals surface area contributed by atoms with Crippen molar-refractivity contribution in [1.29, 1.82) is 0 Å². The molecule has 0 saturated carbocycles. The van der Waals surface area contributed by atoms with Gasteiger partial charge in [0.1, 0.15) is 4.60 Å². The van der Waals surface area contributed by atoms with Crippen LogP contribution in [0.25, 0.3) is 12.2 Å². The summed E-state index contributed by atoms with van der Waals surface area (Å²) in [7, 11) is 0. The van der Waals surface area contributed by atoms with E-state index in [4.69, 9.17) is 0 Å². The Morgan fingerprint density at radius 3 is 2.91 bits per heavy atom. The molecule has 0 atom stereocenters. The lowest BCUT2D eigenvalue weighted by molar-refractivity contribution is 1.07. The van der Waals surface area contributed by atoms with Gasteiger partial charge in [-0.3, -0.25) is 0 Å². The third kappa shape index (κ3) is 1.36. The number of rotatable bonds is 0. The number of halogens is 1. The standard InChI is InChI=1S/C9H8BrN/c10-9-6-5-7-3-1-2-4-8(7)11-9/h3-6H,1-2H2. The largest absolute Gasteiger partial charge is 0.241 e. The Morgan fingerprint density at radius 2 is 2.00 bits per heavy atom. The number of fused-ring (bicyclic) bond motifs is 1. The highest BCUT2D eigenvalue weighted by atomic mass is 79.9. The smallest absolute Gasteiger partial charge is 0.106 e. The van der Waals surface area contributed by atoms with Crippen LogP contribution in [0.5, 0.6) is 0 Å². The molecule has 0 amide bonds. The van der Waals surface area contributed by atoms with Crippen LogP contribution in [-0.2, 0) is 0 Å². The quantitative estimate of drug-likeness (QED) is 0.586. The zero-order valence-corrected chi connectivity index (χ0v) is 7.63. The number of hydrogen-bond acceptors (Lipinski definition) is 1. The highest BCUT2D eigenvalue weighted by Crippen LogP contribution is 2.00. The Hall–Kier alpha value is -0.630. The van der Waals surface area contributed by atoms with Crippen molar-refractivity contribution in [2.75, 3.05) is 0 Å². The third-order valence-corrected chi connectivity index (χ3v) is 2.23. The predicted octanol–water partition coefficient (Wildman–Crippen LogP) is 1.20. The van der Waals surface area contributed by atoms with Crippen molar-refractivity contribution in [3.63, 3.8) is 0 Å². The minimum Gasteiger partial charge on any atom is -0.241 e. The monoisotopic (exact) mass is 209 g/mol. The molecule has 0 unspecified atom stereocenters. The third-order valence-electron chi connectivity index (χ3n) is 1.79. The molecule has 2 rings (SSSR count). The molecule has 2 heteroatoms. The lowest BCUT2D eigenvalue weighted by Gasteiger charge is -1.98. The molecule has 0 fully saturated rings. The summed E-state index contributed by atoms with van der Waals surface area (Å²) in [5, 5.41) is 2.38. The molecular formula is C9H8BrN. The van der Waals surface area contributed by atoms with Crippen LogP contribution >= 0.6 is 15.9 Å². The van der Waals surface area contributed by atoms with Gasteiger partial charge in [-0.2, -0.15) is 0 Å². The molecule has 0 radical (unpaired) electrons. The van der Waals surface area contributed by atoms with Crippen LogP contribution in [0.3, 0.4) is 0 Å². The maximum absolute atomic E-state index is 4.34. The number of pyridine rings is 1. The fraction of sp³-hybridized carbons (Fsp3) is 0.222. The zero-order chi connectivity index (χ0) is 7.68. The second-order valence-electron chi connectivity index (χ2n) is 2.59. The highest BCUT2D eigenvalue weighted by Gasteiger charge is 1.93. The van der Waals surface area contributed by atoms with E-state index in [9.17, 15) is 0 Å². The summed E-state index contributed by atoms with van der Waals surface area (Å²) in [6.45, 7) is 0. The van der Waals surface area contributed by atoms with Gasteiger partial charge in [-0.05, 0) is 40.1 Å². The van der Waals surface area contributed by atoms with E-state index in [1.165, 1.54) is 5.22 Å². The van der Waals surface area contributed by atoms with E-state index in [0.717, 1.165) is 22.8 Å². The molecule has 0 bridgehead atoms. The van der Waals surface area contributed by atoms with Crippen molar-refractivity contribution in [3.05, 3.63) is 27.3 Å². The van der Waals surface area contributed by atoms with E-state index in [0.29, 0.717) is 0 Å². The second kappa shape index (κ2) is 2.78. The summed E-state index contributed by atoms with van der Waals surface area (Å²) in [5.74, 6) is 0. The molecule has 1 aromatic heterocycles. The molecule has 1 aliphatic carbocycles. The summed E-state index contributed by atoms with van der Waals surface area (Å²) >= 11 is 3.35. The molecule has 1 aromatic rings. The first-order valence-corrected chi connectivity index (χ1v) is 4.48. The van der Waals surface area contributed by atoms with Gasteiger partial charge in [-0.25, -0.2) is 4.98 Å². The Morgan fingerprint density at radius 1 is 1.18 bits per heavy atom. The highest BCUT2D eigenvalue weighted by molar-refractivity contribution is 9.10. The van der Waals surface area contributed by atoms with Crippen molar-refractivity contribution >= 4 is 28.1 Å². The van der Waals surface area contributed by atoms with Crippen LogP contribution in [0.15, 0.2) is 16.7 Å². The molecule has 1 nitrogen and oxygen atoms in total. The van der Waals surface area contributed by atoms with Crippen LogP contribution in [0, 0.1) is 0 Å². The van der Waals surface area contributed by atoms with Crippen LogP contribution in [0.1, 0.15) is 12.8 Å². The molecular weight excluding hydrogens is 202 g/mol. The Labute approximate surface area is 73.6 Å². The van der Waals surface area contributed by atoms with E-state index in [1.807, 2.05) is 6.07 Å². The minimum atomic E-state index is 0.919. The summed E-state index contributed by atoms with van der Waals surface area (Å²) in [6.07, 6.45) is 6.68. The van der Waals surface area contributed by atoms with E-state index in [2.05, 4.69) is 39.1 Å². The molecule has 1 heterocycles. The van der Waals surface area contributed by atoms with Crippen molar-refractivity contribution in [3.8, 4) is 0 Å². The number of hydrogen-bond donors (Lipinski definition) is 0. The Bertz CT molecular complexity index is 381. The predicted molar refractivity (Wildman–Crippen MR) is 49.4 cm³/mol. The van der Waals surface area contributed by atoms with Gasteiger partial charge in [0.2, 0.25) is 0 Å². The van der Waals surface area contributed by atoms with Crippen molar-refractivity contribution in [2.45, 2.75) is 12.8 Å². The van der Waals surface area contributed by atoms with E-state index < -0.39 is 0 Å². The molecule has 0 saturated heterocycles. The number of aromatic nitrogens is 1. The number of nitrogens with zero attached hydrogens (tertiary/aromatic N) is 1. The van der Waals surface area contributed by atoms with Crippen molar-refractivity contribution in [1.82, 2.24) is 4.98 Å². The van der Waals surface area contributed by atoms with E-state index >= 15 is 0 Å². The van der Waals surface area contributed by atoms with Crippen LogP contribution in [0.4, 0.5) is 0 Å². The van der Waals surface area contributed by atoms with Crippen LogP contribution in [-0.4, -0.2) is 4.98 Å². The zero-order valence-electron chi connectivity index (χ0n) is 6.05. The molecule has 0 spiro atoms. The first-order valence-electron chi connectivity index (χ1n) is 3.69. The first kappa shape index (κ1) is 7.04. The fourth-order valence-electron chi connectivity index (χ4n) is 1.26. The molecule has 56 valence electrons. The lowest BCUT2D eigenvalue weighted by atomic mass is 10.1. The van der Waals surface area contributed by atoms with Gasteiger partial charge in [0, 0.05) is 0 Å². The maximum atomic E-state index is 4.34. The molecule has 0 aliphatic heterocycles. The molecule has 11 heavy (non-hydrogen) atoms. The molecule has 1 aliphatic rings. The summed E-state index contributed by atoms with van der Waals surface area (Å²) < 4.78 is 0.919. The Kier molecular flexibility index (Phi) is 1.78. The van der Waals surface area contributed by atoms with Gasteiger partial charge in [0.25, 0.3) is 0 Å². The van der Waals surface area contributed by atoms with E-state index in [1.54, 1.807) is 0 Å². The summed E-state index contributed by atoms with van der Waals surface area (Å²) in [6, 6.07) is 4.08. The molecule has 0 aromatic carbocycles. The maximum Gasteiger partial charge on any atom is 0.106 e. The van der Waals surface area contributed by atoms with Gasteiger partial charge < -0.3 is 0 Å². The van der Waals surface area contributed by atoms with Gasteiger partial charge in [0.15, 0.2) is 0 Å². The van der Waals surface area contributed by atoms with Gasteiger partial charge in [-0.1, -0.05) is 18.2 Å². The van der Waals surface area contributed by atoms with Gasteiger partial charge in [0.05, 0.1) is 5.35 Å². The Balaban J connectivity index is 2.80. The second-order valence-corrected chi connectivity index (χ2v) is 3.41. The van der Waals surface area contributed by atoms with Gasteiger partial charge >= 0.3 is 0 Å². The van der Waals surface area contributed by atoms with Crippen molar-refractivity contribution < 1.29 is 0 Å². The first-order chi connectivity index (χ1) is 5.36. The summed E-state index contributed by atoms with van der Waals surface area (Å²) in [5.41, 5.74) is 0. The lowest BCUT2D eigenvalue weighted by Crippen LogP contribution is -2.29. The summed E-state index contributed by atoms with van der Waals surface area (Å²) in [4.78, 5) is 4.34. The topological polar surface area (TPSA) is 12.9 Å². The van der Waals surface area contributed by atoms with Crippen LogP contribution < -0.4 is 10.6 Å². The van der Waals surface area contributed by atoms with E-state index in [-0.39, 0.29) is 0 Å². The average Bonchev–Trinajstić information content (AvgIpc) is 2.04. The SMILES string of the molecule is Brc1ccc2c(n1)=CCCC=2. The van der Waals surface area contributed by atoms with Crippen molar-refractivity contribution in [2.24, 2.45) is 0 Å². The van der Waals surface area contributed by atoms with Crippen LogP contribution in [0.2, 0.25) is 0 Å². The molecule has 0 N–H and O–H groups in total. The average molecular weight is 210 g/mol. The van der Waals surface area contributed by atoms with Gasteiger partial charge in [-0.15, -0.1) is 0 Å².